The molecule has 1 aliphatic rings. The number of amides is 2. The molecule has 3 rings (SSSR count). The monoisotopic (exact) mass is 358 g/mol. The first-order chi connectivity index (χ1) is 12.0. The standard InChI is InChI=1S/C18H22N4O2S/c1-11-7-16(25-10-11)18(24)20-9-14-8-19-12(2)21-17(14)15-5-4-6-22(15)13(3)23/h7-8,10,15H,4-6,9H2,1-3H3,(H,20,24)/t15-/m1/s1. The Morgan fingerprint density at radius 2 is 2.20 bits per heavy atom. The van der Waals surface area contributed by atoms with Crippen molar-refractivity contribution in [3.05, 3.63) is 45.2 Å². The minimum atomic E-state index is -0.0977. The molecule has 2 amide bonds. The van der Waals surface area contributed by atoms with Crippen LogP contribution in [0.2, 0.25) is 0 Å². The molecule has 0 saturated carbocycles. The Morgan fingerprint density at radius 1 is 1.40 bits per heavy atom. The molecule has 0 aliphatic carbocycles. The van der Waals surface area contributed by atoms with Crippen LogP contribution in [0.1, 0.15) is 58.1 Å². The van der Waals surface area contributed by atoms with Crippen LogP contribution in [-0.2, 0) is 11.3 Å². The third-order valence-corrected chi connectivity index (χ3v) is 5.43. The summed E-state index contributed by atoms with van der Waals surface area (Å²) in [7, 11) is 0. The highest BCUT2D eigenvalue weighted by Crippen LogP contribution is 2.32. The lowest BCUT2D eigenvalue weighted by atomic mass is 10.1. The second-order valence-corrected chi connectivity index (χ2v) is 7.28. The largest absolute Gasteiger partial charge is 0.347 e. The van der Waals surface area contributed by atoms with Crippen LogP contribution >= 0.6 is 11.3 Å². The summed E-state index contributed by atoms with van der Waals surface area (Å²) in [5.41, 5.74) is 2.80. The first-order valence-corrected chi connectivity index (χ1v) is 9.26. The molecule has 0 bridgehead atoms. The van der Waals surface area contributed by atoms with Crippen LogP contribution in [0.4, 0.5) is 0 Å². The minimum absolute atomic E-state index is 0.0323. The lowest BCUT2D eigenvalue weighted by Crippen LogP contribution is -2.30. The van der Waals surface area contributed by atoms with Crippen LogP contribution in [-0.4, -0.2) is 33.2 Å². The summed E-state index contributed by atoms with van der Waals surface area (Å²) in [6.45, 7) is 6.51. The van der Waals surface area contributed by atoms with Crippen molar-refractivity contribution in [1.29, 1.82) is 0 Å². The number of hydrogen-bond acceptors (Lipinski definition) is 5. The van der Waals surface area contributed by atoms with Crippen molar-refractivity contribution in [2.24, 2.45) is 0 Å². The minimum Gasteiger partial charge on any atom is -0.347 e. The van der Waals surface area contributed by atoms with Gasteiger partial charge >= 0.3 is 0 Å². The number of thiophene rings is 1. The molecule has 0 radical (unpaired) electrons. The van der Waals surface area contributed by atoms with E-state index in [1.54, 1.807) is 13.1 Å². The van der Waals surface area contributed by atoms with E-state index in [0.29, 0.717) is 17.2 Å². The Hall–Kier alpha value is -2.28. The van der Waals surface area contributed by atoms with Gasteiger partial charge in [0.05, 0.1) is 16.6 Å². The van der Waals surface area contributed by atoms with E-state index < -0.39 is 0 Å². The van der Waals surface area contributed by atoms with Crippen LogP contribution in [0.5, 0.6) is 0 Å². The van der Waals surface area contributed by atoms with Crippen LogP contribution in [0.25, 0.3) is 0 Å². The van der Waals surface area contributed by atoms with Crippen molar-refractivity contribution in [3.8, 4) is 0 Å². The van der Waals surface area contributed by atoms with E-state index in [2.05, 4.69) is 15.3 Å². The Balaban J connectivity index is 1.80. The Labute approximate surface area is 151 Å². The molecule has 7 heteroatoms. The van der Waals surface area contributed by atoms with E-state index in [-0.39, 0.29) is 17.9 Å². The highest BCUT2D eigenvalue weighted by atomic mass is 32.1. The number of rotatable bonds is 4. The van der Waals surface area contributed by atoms with Crippen molar-refractivity contribution in [3.63, 3.8) is 0 Å². The Bertz CT molecular complexity index is 802. The molecule has 2 aromatic rings. The second-order valence-electron chi connectivity index (χ2n) is 6.37. The molecular formula is C18H22N4O2S. The third kappa shape index (κ3) is 3.87. The lowest BCUT2D eigenvalue weighted by molar-refractivity contribution is -0.129. The van der Waals surface area contributed by atoms with Crippen LogP contribution in [0.15, 0.2) is 17.6 Å². The van der Waals surface area contributed by atoms with Crippen molar-refractivity contribution in [2.75, 3.05) is 6.54 Å². The third-order valence-electron chi connectivity index (χ3n) is 4.39. The van der Waals surface area contributed by atoms with Crippen molar-refractivity contribution in [1.82, 2.24) is 20.2 Å². The van der Waals surface area contributed by atoms with Gasteiger partial charge in [-0.3, -0.25) is 9.59 Å². The molecule has 6 nitrogen and oxygen atoms in total. The molecule has 0 spiro atoms. The molecule has 1 saturated heterocycles. The molecular weight excluding hydrogens is 336 g/mol. The molecule has 1 atom stereocenters. The molecule has 1 N–H and O–H groups in total. The van der Waals surface area contributed by atoms with Gasteiger partial charge in [0.25, 0.3) is 5.91 Å². The molecule has 3 heterocycles. The highest BCUT2D eigenvalue weighted by molar-refractivity contribution is 7.12. The van der Waals surface area contributed by atoms with Gasteiger partial charge in [-0.15, -0.1) is 11.3 Å². The number of hydrogen-bond donors (Lipinski definition) is 1. The molecule has 2 aromatic heterocycles. The normalized spacial score (nSPS) is 16.9. The number of nitrogens with one attached hydrogen (secondary N) is 1. The van der Waals surface area contributed by atoms with Gasteiger partial charge in [-0.25, -0.2) is 9.97 Å². The van der Waals surface area contributed by atoms with E-state index in [0.717, 1.165) is 36.2 Å². The summed E-state index contributed by atoms with van der Waals surface area (Å²) in [5.74, 6) is 0.636. The predicted molar refractivity (Wildman–Crippen MR) is 96.4 cm³/mol. The van der Waals surface area contributed by atoms with E-state index in [9.17, 15) is 9.59 Å². The van der Waals surface area contributed by atoms with Crippen LogP contribution in [0.3, 0.4) is 0 Å². The zero-order valence-electron chi connectivity index (χ0n) is 14.7. The lowest BCUT2D eigenvalue weighted by Gasteiger charge is -2.24. The maximum Gasteiger partial charge on any atom is 0.261 e. The summed E-state index contributed by atoms with van der Waals surface area (Å²) in [4.78, 5) is 35.6. The SMILES string of the molecule is CC(=O)N1CCC[C@@H]1c1nc(C)ncc1CNC(=O)c1cc(C)cs1. The molecule has 132 valence electrons. The Morgan fingerprint density at radius 3 is 2.88 bits per heavy atom. The summed E-state index contributed by atoms with van der Waals surface area (Å²) >= 11 is 1.43. The van der Waals surface area contributed by atoms with Crippen LogP contribution < -0.4 is 5.32 Å². The van der Waals surface area contributed by atoms with Gasteiger partial charge in [0.2, 0.25) is 5.91 Å². The van der Waals surface area contributed by atoms with E-state index in [1.807, 2.05) is 30.2 Å². The van der Waals surface area contributed by atoms with Gasteiger partial charge in [-0.1, -0.05) is 0 Å². The summed E-state index contributed by atoms with van der Waals surface area (Å²) in [5, 5.41) is 4.90. The zero-order valence-corrected chi connectivity index (χ0v) is 15.5. The highest BCUT2D eigenvalue weighted by Gasteiger charge is 2.31. The maximum absolute atomic E-state index is 12.3. The van der Waals surface area contributed by atoms with E-state index >= 15 is 0 Å². The smallest absolute Gasteiger partial charge is 0.261 e. The quantitative estimate of drug-likeness (QED) is 0.912. The van der Waals surface area contributed by atoms with Crippen LogP contribution in [0, 0.1) is 13.8 Å². The average Bonchev–Trinajstić information content (AvgIpc) is 3.22. The molecule has 0 aromatic carbocycles. The topological polar surface area (TPSA) is 75.2 Å². The molecule has 0 unspecified atom stereocenters. The number of aromatic nitrogens is 2. The first-order valence-electron chi connectivity index (χ1n) is 8.38. The van der Waals surface area contributed by atoms with Gasteiger partial charge in [0, 0.05) is 31.8 Å². The number of nitrogens with zero attached hydrogens (tertiary/aromatic N) is 3. The zero-order chi connectivity index (χ0) is 18.0. The second kappa shape index (κ2) is 7.31. The van der Waals surface area contributed by atoms with Gasteiger partial charge in [-0.2, -0.15) is 0 Å². The number of aryl methyl sites for hydroxylation is 2. The van der Waals surface area contributed by atoms with Crippen molar-refractivity contribution in [2.45, 2.75) is 46.2 Å². The summed E-state index contributed by atoms with van der Waals surface area (Å²) in [6.07, 6.45) is 3.61. The van der Waals surface area contributed by atoms with Crippen molar-refractivity contribution < 1.29 is 9.59 Å². The van der Waals surface area contributed by atoms with Crippen molar-refractivity contribution >= 4 is 23.2 Å². The average molecular weight is 358 g/mol. The Kier molecular flexibility index (Phi) is 5.13. The number of carbonyl (C=O) groups excluding carboxylic acids is 2. The van der Waals surface area contributed by atoms with Gasteiger partial charge in [0.15, 0.2) is 0 Å². The summed E-state index contributed by atoms with van der Waals surface area (Å²) in [6, 6.07) is 1.84. The van der Waals surface area contributed by atoms with Gasteiger partial charge in [0.1, 0.15) is 5.82 Å². The fraction of sp³-hybridized carbons (Fsp3) is 0.444. The van der Waals surface area contributed by atoms with E-state index in [4.69, 9.17) is 0 Å². The first kappa shape index (κ1) is 17.5. The predicted octanol–water partition coefficient (Wildman–Crippen LogP) is 2.77. The number of carbonyl (C=O) groups is 2. The molecule has 25 heavy (non-hydrogen) atoms. The van der Waals surface area contributed by atoms with E-state index in [1.165, 1.54) is 11.3 Å². The van der Waals surface area contributed by atoms with Gasteiger partial charge in [-0.05, 0) is 43.7 Å². The molecule has 1 aliphatic heterocycles. The fourth-order valence-electron chi connectivity index (χ4n) is 3.18. The fourth-order valence-corrected chi connectivity index (χ4v) is 3.99. The summed E-state index contributed by atoms with van der Waals surface area (Å²) < 4.78 is 0. The number of likely N-dealkylation sites (tertiary alicyclic amines) is 1. The maximum atomic E-state index is 12.3. The molecule has 1 fully saturated rings. The van der Waals surface area contributed by atoms with Gasteiger partial charge < -0.3 is 10.2 Å².